The number of aliphatic hydroxyl groups is 1. The Morgan fingerprint density at radius 3 is 3.00 bits per heavy atom. The molecule has 1 heterocycles. The van der Waals surface area contributed by atoms with E-state index >= 15 is 0 Å². The van der Waals surface area contributed by atoms with Crippen LogP contribution < -0.4 is 0 Å². The van der Waals surface area contributed by atoms with Crippen molar-refractivity contribution in [1.29, 1.82) is 0 Å². The fourth-order valence-corrected chi connectivity index (χ4v) is 0.719. The third kappa shape index (κ3) is 1.23. The van der Waals surface area contributed by atoms with Crippen LogP contribution >= 0.6 is 0 Å². The van der Waals surface area contributed by atoms with Gasteiger partial charge in [0, 0.05) is 0 Å². The van der Waals surface area contributed by atoms with E-state index in [0.717, 1.165) is 12.8 Å². The molecule has 0 aromatic rings. The SMILES string of the molecule is OC[C@@H]1CCC=CO1. The zero-order valence-electron chi connectivity index (χ0n) is 4.71. The normalized spacial score (nSPS) is 27.4. The molecule has 1 atom stereocenters. The summed E-state index contributed by atoms with van der Waals surface area (Å²) in [5.41, 5.74) is 0. The van der Waals surface area contributed by atoms with Gasteiger partial charge in [-0.1, -0.05) is 0 Å². The average molecular weight is 114 g/mol. The summed E-state index contributed by atoms with van der Waals surface area (Å²) in [6, 6.07) is 0. The lowest BCUT2D eigenvalue weighted by Crippen LogP contribution is -2.16. The van der Waals surface area contributed by atoms with Crippen LogP contribution in [0.15, 0.2) is 12.3 Å². The first-order valence-electron chi connectivity index (χ1n) is 2.85. The van der Waals surface area contributed by atoms with Gasteiger partial charge in [0.15, 0.2) is 0 Å². The molecule has 0 bridgehead atoms. The molecule has 0 fully saturated rings. The molecule has 0 saturated heterocycles. The Bertz CT molecular complexity index is 88.5. The highest BCUT2D eigenvalue weighted by atomic mass is 16.5. The zero-order valence-corrected chi connectivity index (χ0v) is 4.71. The molecule has 2 heteroatoms. The van der Waals surface area contributed by atoms with E-state index in [9.17, 15) is 0 Å². The largest absolute Gasteiger partial charge is 0.496 e. The smallest absolute Gasteiger partial charge is 0.121 e. The maximum absolute atomic E-state index is 8.53. The Hall–Kier alpha value is -0.500. The van der Waals surface area contributed by atoms with Crippen LogP contribution in [0.4, 0.5) is 0 Å². The Morgan fingerprint density at radius 1 is 1.75 bits per heavy atom. The Morgan fingerprint density at radius 2 is 2.62 bits per heavy atom. The molecule has 8 heavy (non-hydrogen) atoms. The predicted molar refractivity (Wildman–Crippen MR) is 30.3 cm³/mol. The molecule has 0 saturated carbocycles. The second kappa shape index (κ2) is 2.72. The molecule has 1 aliphatic heterocycles. The molecular formula is C6H10O2. The summed E-state index contributed by atoms with van der Waals surface area (Å²) in [6.07, 6.45) is 5.66. The summed E-state index contributed by atoms with van der Waals surface area (Å²) in [7, 11) is 0. The van der Waals surface area contributed by atoms with Gasteiger partial charge in [-0.25, -0.2) is 0 Å². The summed E-state index contributed by atoms with van der Waals surface area (Å²) in [6.45, 7) is 0.143. The lowest BCUT2D eigenvalue weighted by molar-refractivity contribution is 0.0634. The number of ether oxygens (including phenoxy) is 1. The number of rotatable bonds is 1. The maximum Gasteiger partial charge on any atom is 0.121 e. The van der Waals surface area contributed by atoms with E-state index in [0.29, 0.717) is 0 Å². The number of aliphatic hydroxyl groups excluding tert-OH is 1. The minimum atomic E-state index is 0.0556. The van der Waals surface area contributed by atoms with Crippen molar-refractivity contribution < 1.29 is 9.84 Å². The van der Waals surface area contributed by atoms with Crippen molar-refractivity contribution >= 4 is 0 Å². The van der Waals surface area contributed by atoms with Crippen molar-refractivity contribution in [1.82, 2.24) is 0 Å². The number of allylic oxidation sites excluding steroid dienone is 1. The van der Waals surface area contributed by atoms with Crippen LogP contribution in [0.1, 0.15) is 12.8 Å². The highest BCUT2D eigenvalue weighted by Crippen LogP contribution is 2.08. The number of hydrogen-bond acceptors (Lipinski definition) is 2. The highest BCUT2D eigenvalue weighted by Gasteiger charge is 2.07. The average Bonchev–Trinajstić information content (AvgIpc) is 1.90. The first-order chi connectivity index (χ1) is 3.93. The van der Waals surface area contributed by atoms with Crippen LogP contribution in [0, 0.1) is 0 Å². The molecule has 0 aromatic heterocycles. The fraction of sp³-hybridized carbons (Fsp3) is 0.667. The van der Waals surface area contributed by atoms with Crippen molar-refractivity contribution in [2.45, 2.75) is 18.9 Å². The van der Waals surface area contributed by atoms with Gasteiger partial charge in [0.1, 0.15) is 6.10 Å². The third-order valence-corrected chi connectivity index (χ3v) is 1.23. The van der Waals surface area contributed by atoms with Crippen LogP contribution in [-0.2, 0) is 4.74 Å². The van der Waals surface area contributed by atoms with Crippen LogP contribution in [0.25, 0.3) is 0 Å². The van der Waals surface area contributed by atoms with E-state index in [4.69, 9.17) is 9.84 Å². The summed E-state index contributed by atoms with van der Waals surface area (Å²) >= 11 is 0. The van der Waals surface area contributed by atoms with Gasteiger partial charge in [0.25, 0.3) is 0 Å². The van der Waals surface area contributed by atoms with Crippen molar-refractivity contribution in [3.63, 3.8) is 0 Å². The molecule has 1 rings (SSSR count). The first kappa shape index (κ1) is 5.63. The van der Waals surface area contributed by atoms with Gasteiger partial charge < -0.3 is 9.84 Å². The molecule has 0 aromatic carbocycles. The van der Waals surface area contributed by atoms with Gasteiger partial charge in [-0.2, -0.15) is 0 Å². The van der Waals surface area contributed by atoms with E-state index in [1.807, 2.05) is 6.08 Å². The molecule has 0 spiro atoms. The molecule has 2 nitrogen and oxygen atoms in total. The second-order valence-corrected chi connectivity index (χ2v) is 1.89. The standard InChI is InChI=1S/C6H10O2/c7-5-6-3-1-2-4-8-6/h2,4,6-7H,1,3,5H2/t6-/m0/s1. The van der Waals surface area contributed by atoms with Gasteiger partial charge in [0.2, 0.25) is 0 Å². The van der Waals surface area contributed by atoms with Crippen molar-refractivity contribution in [2.24, 2.45) is 0 Å². The second-order valence-electron chi connectivity index (χ2n) is 1.89. The molecule has 0 amide bonds. The molecule has 46 valence electrons. The molecule has 1 N–H and O–H groups in total. The van der Waals surface area contributed by atoms with E-state index in [1.54, 1.807) is 6.26 Å². The monoisotopic (exact) mass is 114 g/mol. The molecule has 0 unspecified atom stereocenters. The molecule has 1 aliphatic rings. The fourth-order valence-electron chi connectivity index (χ4n) is 0.719. The summed E-state index contributed by atoms with van der Waals surface area (Å²) < 4.78 is 5.00. The number of hydrogen-bond donors (Lipinski definition) is 1. The van der Waals surface area contributed by atoms with Gasteiger partial charge >= 0.3 is 0 Å². The van der Waals surface area contributed by atoms with Crippen molar-refractivity contribution in [3.05, 3.63) is 12.3 Å². The topological polar surface area (TPSA) is 29.5 Å². The predicted octanol–water partition coefficient (Wildman–Crippen LogP) is 0.671. The zero-order chi connectivity index (χ0) is 5.82. The lowest BCUT2D eigenvalue weighted by atomic mass is 10.2. The lowest BCUT2D eigenvalue weighted by Gasteiger charge is -2.15. The Labute approximate surface area is 48.8 Å². The van der Waals surface area contributed by atoms with Crippen molar-refractivity contribution in [2.75, 3.05) is 6.61 Å². The highest BCUT2D eigenvalue weighted by molar-refractivity contribution is 4.81. The van der Waals surface area contributed by atoms with Crippen LogP contribution in [0.2, 0.25) is 0 Å². The summed E-state index contributed by atoms with van der Waals surface area (Å²) in [4.78, 5) is 0. The summed E-state index contributed by atoms with van der Waals surface area (Å²) in [5.74, 6) is 0. The first-order valence-corrected chi connectivity index (χ1v) is 2.85. The van der Waals surface area contributed by atoms with E-state index in [1.165, 1.54) is 0 Å². The minimum Gasteiger partial charge on any atom is -0.496 e. The van der Waals surface area contributed by atoms with E-state index in [-0.39, 0.29) is 12.7 Å². The van der Waals surface area contributed by atoms with Crippen molar-refractivity contribution in [3.8, 4) is 0 Å². The van der Waals surface area contributed by atoms with E-state index < -0.39 is 0 Å². The Balaban J connectivity index is 2.27. The van der Waals surface area contributed by atoms with Gasteiger partial charge in [-0.15, -0.1) is 0 Å². The minimum absolute atomic E-state index is 0.0556. The summed E-state index contributed by atoms with van der Waals surface area (Å²) in [5, 5.41) is 8.53. The van der Waals surface area contributed by atoms with Gasteiger partial charge in [-0.3, -0.25) is 0 Å². The van der Waals surface area contributed by atoms with Crippen LogP contribution in [0.3, 0.4) is 0 Å². The molecular weight excluding hydrogens is 104 g/mol. The third-order valence-electron chi connectivity index (χ3n) is 1.23. The molecule has 0 aliphatic carbocycles. The molecule has 0 radical (unpaired) electrons. The van der Waals surface area contributed by atoms with Gasteiger partial charge in [-0.05, 0) is 18.9 Å². The van der Waals surface area contributed by atoms with Gasteiger partial charge in [0.05, 0.1) is 12.9 Å². The van der Waals surface area contributed by atoms with Crippen LogP contribution in [0.5, 0.6) is 0 Å². The van der Waals surface area contributed by atoms with Crippen LogP contribution in [-0.4, -0.2) is 17.8 Å². The maximum atomic E-state index is 8.53. The Kier molecular flexibility index (Phi) is 1.92. The van der Waals surface area contributed by atoms with E-state index in [2.05, 4.69) is 0 Å². The quantitative estimate of drug-likeness (QED) is 0.543.